The Morgan fingerprint density at radius 1 is 1.03 bits per heavy atom. The Morgan fingerprint density at radius 3 is 2.90 bits per heavy atom. The van der Waals surface area contributed by atoms with Crippen molar-refractivity contribution in [3.63, 3.8) is 0 Å². The molecule has 2 unspecified atom stereocenters. The molecule has 1 aromatic carbocycles. The van der Waals surface area contributed by atoms with Crippen LogP contribution in [0.4, 0.5) is 0 Å². The summed E-state index contributed by atoms with van der Waals surface area (Å²) in [5.74, 6) is 0. The van der Waals surface area contributed by atoms with Crippen molar-refractivity contribution in [3.8, 4) is 0 Å². The molecule has 2 fully saturated rings. The number of hydrogen-bond donors (Lipinski definition) is 1. The van der Waals surface area contributed by atoms with Gasteiger partial charge in [-0.3, -0.25) is 4.98 Å². The molecule has 1 N–H and O–H groups in total. The van der Waals surface area contributed by atoms with Gasteiger partial charge < -0.3 is 14.8 Å². The Kier molecular flexibility index (Phi) is 5.42. The number of pyridine rings is 1. The minimum absolute atomic E-state index is 0.0683. The Balaban J connectivity index is 1.29. The van der Waals surface area contributed by atoms with Gasteiger partial charge in [0.15, 0.2) is 0 Å². The Morgan fingerprint density at radius 2 is 2.03 bits per heavy atom. The lowest BCUT2D eigenvalue weighted by Crippen LogP contribution is -2.49. The van der Waals surface area contributed by atoms with Crippen molar-refractivity contribution in [1.29, 1.82) is 0 Å². The topological polar surface area (TPSA) is 43.4 Å². The van der Waals surface area contributed by atoms with Gasteiger partial charge in [0.25, 0.3) is 0 Å². The first kappa shape index (κ1) is 19.2. The molecule has 1 aromatic heterocycles. The first-order valence-corrected chi connectivity index (χ1v) is 11.2. The van der Waals surface area contributed by atoms with Gasteiger partial charge in [0.05, 0.1) is 12.2 Å². The number of benzene rings is 1. The molecule has 0 saturated carbocycles. The third-order valence-corrected chi connectivity index (χ3v) is 7.26. The van der Waals surface area contributed by atoms with Crippen LogP contribution in [0.15, 0.2) is 42.6 Å². The highest BCUT2D eigenvalue weighted by molar-refractivity contribution is 5.38. The van der Waals surface area contributed by atoms with Crippen molar-refractivity contribution in [2.24, 2.45) is 0 Å². The fraction of sp³-hybridized carbons (Fsp3) is 0.560. The SMILES string of the molecule is c1ccc(C2(CCNCc3cccc4c3CCC4)CCOC3(CCOC3)C2)nc1. The summed E-state index contributed by atoms with van der Waals surface area (Å²) in [5, 5.41) is 3.75. The van der Waals surface area contributed by atoms with Crippen LogP contribution in [0.2, 0.25) is 0 Å². The number of hydrogen-bond acceptors (Lipinski definition) is 4. The van der Waals surface area contributed by atoms with E-state index in [4.69, 9.17) is 14.5 Å². The third-order valence-electron chi connectivity index (χ3n) is 7.26. The summed E-state index contributed by atoms with van der Waals surface area (Å²) in [7, 11) is 0. The molecule has 4 nitrogen and oxygen atoms in total. The number of fused-ring (bicyclic) bond motifs is 1. The van der Waals surface area contributed by atoms with Crippen LogP contribution in [0, 0.1) is 0 Å². The minimum Gasteiger partial charge on any atom is -0.378 e. The normalized spacial score (nSPS) is 28.7. The Bertz CT molecular complexity index is 832. The lowest BCUT2D eigenvalue weighted by molar-refractivity contribution is -0.109. The Hall–Kier alpha value is -1.75. The molecule has 29 heavy (non-hydrogen) atoms. The van der Waals surface area contributed by atoms with E-state index in [1.807, 2.05) is 12.3 Å². The van der Waals surface area contributed by atoms with Crippen LogP contribution in [0.25, 0.3) is 0 Å². The fourth-order valence-corrected chi connectivity index (χ4v) is 5.71. The van der Waals surface area contributed by atoms with Crippen LogP contribution in [0.3, 0.4) is 0 Å². The molecule has 0 bridgehead atoms. The monoisotopic (exact) mass is 392 g/mol. The molecule has 1 spiro atoms. The van der Waals surface area contributed by atoms with E-state index in [0.717, 1.165) is 58.6 Å². The van der Waals surface area contributed by atoms with Gasteiger partial charge in [-0.15, -0.1) is 0 Å². The van der Waals surface area contributed by atoms with Crippen molar-refractivity contribution in [2.45, 2.75) is 62.5 Å². The number of ether oxygens (including phenoxy) is 2. The van der Waals surface area contributed by atoms with Gasteiger partial charge in [-0.1, -0.05) is 24.3 Å². The molecule has 0 radical (unpaired) electrons. The second-order valence-electron chi connectivity index (χ2n) is 9.09. The van der Waals surface area contributed by atoms with E-state index in [2.05, 4.69) is 35.6 Å². The number of nitrogens with one attached hydrogen (secondary N) is 1. The smallest absolute Gasteiger partial charge is 0.0945 e. The maximum Gasteiger partial charge on any atom is 0.0945 e. The molecular weight excluding hydrogens is 360 g/mol. The molecule has 4 heteroatoms. The van der Waals surface area contributed by atoms with E-state index in [1.165, 1.54) is 30.5 Å². The van der Waals surface area contributed by atoms with Crippen LogP contribution in [0.1, 0.15) is 54.5 Å². The van der Waals surface area contributed by atoms with Crippen molar-refractivity contribution in [3.05, 3.63) is 65.0 Å². The number of nitrogens with zero attached hydrogens (tertiary/aromatic N) is 1. The third kappa shape index (κ3) is 3.86. The maximum absolute atomic E-state index is 6.26. The van der Waals surface area contributed by atoms with Gasteiger partial charge in [-0.25, -0.2) is 0 Å². The van der Waals surface area contributed by atoms with Gasteiger partial charge in [0.2, 0.25) is 0 Å². The first-order valence-electron chi connectivity index (χ1n) is 11.2. The van der Waals surface area contributed by atoms with Gasteiger partial charge in [-0.05, 0) is 73.9 Å². The molecule has 1 aliphatic carbocycles. The quantitative estimate of drug-likeness (QED) is 0.756. The second kappa shape index (κ2) is 8.17. The van der Waals surface area contributed by atoms with E-state index in [1.54, 1.807) is 11.1 Å². The highest BCUT2D eigenvalue weighted by Crippen LogP contribution is 2.46. The van der Waals surface area contributed by atoms with Gasteiger partial charge in [0, 0.05) is 43.5 Å². The lowest BCUT2D eigenvalue weighted by Gasteiger charge is -2.45. The van der Waals surface area contributed by atoms with Crippen LogP contribution in [-0.2, 0) is 34.3 Å². The number of aryl methyl sites for hydroxylation is 1. The van der Waals surface area contributed by atoms with E-state index in [9.17, 15) is 0 Å². The van der Waals surface area contributed by atoms with Crippen molar-refractivity contribution < 1.29 is 9.47 Å². The van der Waals surface area contributed by atoms with Gasteiger partial charge in [0.1, 0.15) is 0 Å². The highest BCUT2D eigenvalue weighted by Gasteiger charge is 2.49. The average molecular weight is 393 g/mol. The molecule has 3 aliphatic rings. The second-order valence-corrected chi connectivity index (χ2v) is 9.09. The maximum atomic E-state index is 6.26. The van der Waals surface area contributed by atoms with Crippen LogP contribution >= 0.6 is 0 Å². The summed E-state index contributed by atoms with van der Waals surface area (Å²) in [6.07, 6.45) is 9.87. The predicted molar refractivity (Wildman–Crippen MR) is 114 cm³/mol. The van der Waals surface area contributed by atoms with Crippen molar-refractivity contribution in [2.75, 3.05) is 26.4 Å². The standard InChI is InChI=1S/C25H32N2O2/c1-2-13-27-23(9-1)24(11-16-29-25(18-24)12-15-28-19-25)10-14-26-17-21-7-3-5-20-6-4-8-22(20)21/h1-3,5,7,9,13,26H,4,6,8,10-12,14-19H2. The minimum atomic E-state index is -0.115. The first-order chi connectivity index (χ1) is 14.3. The zero-order chi connectivity index (χ0) is 19.6. The van der Waals surface area contributed by atoms with Gasteiger partial charge in [-0.2, -0.15) is 0 Å². The van der Waals surface area contributed by atoms with Crippen LogP contribution in [0.5, 0.6) is 0 Å². The molecule has 2 atom stereocenters. The summed E-state index contributed by atoms with van der Waals surface area (Å²) in [5.41, 5.74) is 5.81. The summed E-state index contributed by atoms with van der Waals surface area (Å²) >= 11 is 0. The van der Waals surface area contributed by atoms with E-state index >= 15 is 0 Å². The molecule has 2 saturated heterocycles. The zero-order valence-corrected chi connectivity index (χ0v) is 17.3. The molecule has 2 aliphatic heterocycles. The number of aromatic nitrogens is 1. The van der Waals surface area contributed by atoms with Crippen LogP contribution < -0.4 is 5.32 Å². The Labute approximate surface area is 174 Å². The molecular formula is C25H32N2O2. The summed E-state index contributed by atoms with van der Waals surface area (Å²) in [6.45, 7) is 4.30. The number of rotatable bonds is 6. The zero-order valence-electron chi connectivity index (χ0n) is 17.3. The van der Waals surface area contributed by atoms with E-state index in [0.29, 0.717) is 0 Å². The van der Waals surface area contributed by atoms with Crippen molar-refractivity contribution in [1.82, 2.24) is 10.3 Å². The van der Waals surface area contributed by atoms with Crippen molar-refractivity contribution >= 4 is 0 Å². The highest BCUT2D eigenvalue weighted by atomic mass is 16.6. The predicted octanol–water partition coefficient (Wildman–Crippen LogP) is 3.96. The van der Waals surface area contributed by atoms with Crippen LogP contribution in [-0.4, -0.2) is 37.0 Å². The molecule has 5 rings (SSSR count). The fourth-order valence-electron chi connectivity index (χ4n) is 5.71. The largest absolute Gasteiger partial charge is 0.378 e. The molecule has 154 valence electrons. The van der Waals surface area contributed by atoms with Gasteiger partial charge >= 0.3 is 0 Å². The van der Waals surface area contributed by atoms with E-state index in [-0.39, 0.29) is 11.0 Å². The summed E-state index contributed by atoms with van der Waals surface area (Å²) < 4.78 is 12.0. The average Bonchev–Trinajstić information content (AvgIpc) is 3.42. The summed E-state index contributed by atoms with van der Waals surface area (Å²) in [4.78, 5) is 4.79. The van der Waals surface area contributed by atoms with E-state index < -0.39 is 0 Å². The molecule has 0 amide bonds. The molecule has 3 heterocycles. The lowest BCUT2D eigenvalue weighted by atomic mass is 9.68. The molecule has 2 aromatic rings. The summed E-state index contributed by atoms with van der Waals surface area (Å²) in [6, 6.07) is 13.2.